The molecule has 0 fully saturated rings. The molecule has 0 bridgehead atoms. The molecule has 1 N–H and O–H groups in total. The maximum absolute atomic E-state index is 5.22. The first kappa shape index (κ1) is 13.5. The number of hydrogen-bond acceptors (Lipinski definition) is 5. The number of halogens is 1. The summed E-state index contributed by atoms with van der Waals surface area (Å²) in [7, 11) is 3.60. The fourth-order valence-corrected chi connectivity index (χ4v) is 2.81. The summed E-state index contributed by atoms with van der Waals surface area (Å²) in [6.07, 6.45) is 2.68. The van der Waals surface area contributed by atoms with Gasteiger partial charge in [0.15, 0.2) is 0 Å². The molecule has 6 heteroatoms. The first-order chi connectivity index (χ1) is 8.74. The molecule has 0 saturated heterocycles. The summed E-state index contributed by atoms with van der Waals surface area (Å²) in [6, 6.07) is 6.28. The van der Waals surface area contributed by atoms with Gasteiger partial charge in [-0.3, -0.25) is 0 Å². The quantitative estimate of drug-likeness (QED) is 0.917. The van der Waals surface area contributed by atoms with Gasteiger partial charge in [-0.1, -0.05) is 6.07 Å². The summed E-state index contributed by atoms with van der Waals surface area (Å²) in [5.41, 5.74) is 2.20. The van der Waals surface area contributed by atoms with Gasteiger partial charge >= 0.3 is 0 Å². The fourth-order valence-electron chi connectivity index (χ4n) is 1.75. The number of aromatic nitrogens is 2. The van der Waals surface area contributed by atoms with Crippen LogP contribution in [0.2, 0.25) is 0 Å². The van der Waals surface area contributed by atoms with E-state index >= 15 is 0 Å². The van der Waals surface area contributed by atoms with E-state index in [1.54, 1.807) is 7.11 Å². The minimum absolute atomic E-state index is 0.184. The third-order valence-corrected chi connectivity index (χ3v) is 3.85. The Morgan fingerprint density at radius 1 is 1.50 bits per heavy atom. The van der Waals surface area contributed by atoms with E-state index in [4.69, 9.17) is 4.74 Å². The summed E-state index contributed by atoms with van der Waals surface area (Å²) in [5, 5.41) is 3.26. The van der Waals surface area contributed by atoms with Gasteiger partial charge in [0.2, 0.25) is 0 Å². The summed E-state index contributed by atoms with van der Waals surface area (Å²) >= 11 is 4.73. The molecular weight excluding hydrogens is 314 g/mol. The van der Waals surface area contributed by atoms with E-state index in [-0.39, 0.29) is 6.04 Å². The van der Waals surface area contributed by atoms with E-state index in [0.717, 1.165) is 22.3 Å². The van der Waals surface area contributed by atoms with Crippen molar-refractivity contribution in [2.24, 2.45) is 0 Å². The third-order valence-electron chi connectivity index (χ3n) is 2.74. The molecule has 0 saturated carbocycles. The molecule has 0 radical (unpaired) electrons. The first-order valence-electron chi connectivity index (χ1n) is 5.51. The van der Waals surface area contributed by atoms with Gasteiger partial charge in [0.25, 0.3) is 0 Å². The van der Waals surface area contributed by atoms with Crippen LogP contribution in [0.5, 0.6) is 5.75 Å². The molecular formula is C12H14BrN3OS. The summed E-state index contributed by atoms with van der Waals surface area (Å²) in [5.74, 6) is 0.843. The second-order valence-electron chi connectivity index (χ2n) is 3.85. The second kappa shape index (κ2) is 6.26. The number of ether oxygens (including phenoxy) is 1. The van der Waals surface area contributed by atoms with Crippen LogP contribution in [-0.2, 0) is 6.42 Å². The molecule has 1 unspecified atom stereocenters. The Balaban J connectivity index is 2.15. The predicted molar refractivity (Wildman–Crippen MR) is 76.1 cm³/mol. The molecule has 2 aromatic rings. The summed E-state index contributed by atoms with van der Waals surface area (Å²) < 4.78 is 14.5. The maximum Gasteiger partial charge on any atom is 0.133 e. The lowest BCUT2D eigenvalue weighted by Crippen LogP contribution is -2.19. The molecule has 18 heavy (non-hydrogen) atoms. The number of methoxy groups -OCH3 is 1. The van der Waals surface area contributed by atoms with E-state index < -0.39 is 0 Å². The summed E-state index contributed by atoms with van der Waals surface area (Å²) in [6.45, 7) is 0. The van der Waals surface area contributed by atoms with Gasteiger partial charge in [-0.25, -0.2) is 0 Å². The van der Waals surface area contributed by atoms with Crippen LogP contribution < -0.4 is 10.1 Å². The van der Waals surface area contributed by atoms with Crippen molar-refractivity contribution < 1.29 is 4.74 Å². The highest BCUT2D eigenvalue weighted by Gasteiger charge is 2.13. The molecule has 2 rings (SSSR count). The average Bonchev–Trinajstić information content (AvgIpc) is 2.90. The number of nitrogens with one attached hydrogen (secondary N) is 1. The number of rotatable bonds is 5. The largest absolute Gasteiger partial charge is 0.496 e. The number of benzene rings is 1. The van der Waals surface area contributed by atoms with Crippen LogP contribution in [0, 0.1) is 0 Å². The zero-order chi connectivity index (χ0) is 13.0. The Labute approximate surface area is 119 Å². The Morgan fingerprint density at radius 3 is 2.89 bits per heavy atom. The van der Waals surface area contributed by atoms with Crippen molar-refractivity contribution in [2.75, 3.05) is 14.2 Å². The van der Waals surface area contributed by atoms with Gasteiger partial charge in [-0.15, -0.1) is 0 Å². The van der Waals surface area contributed by atoms with Gasteiger partial charge in [0.05, 0.1) is 41.2 Å². The van der Waals surface area contributed by atoms with Crippen molar-refractivity contribution >= 4 is 27.7 Å². The Morgan fingerprint density at radius 2 is 2.33 bits per heavy atom. The molecule has 1 aromatic heterocycles. The molecule has 1 heterocycles. The molecule has 0 aliphatic carbocycles. The van der Waals surface area contributed by atoms with Crippen molar-refractivity contribution in [1.82, 2.24) is 14.1 Å². The maximum atomic E-state index is 5.22. The molecule has 1 atom stereocenters. The van der Waals surface area contributed by atoms with Crippen molar-refractivity contribution in [3.05, 3.63) is 40.1 Å². The SMILES string of the molecule is CNC(Cc1ccc(OC)c(Br)c1)c1cnsn1. The van der Waals surface area contributed by atoms with E-state index in [1.165, 1.54) is 17.3 Å². The minimum Gasteiger partial charge on any atom is -0.496 e. The normalized spacial score (nSPS) is 12.4. The molecule has 0 spiro atoms. The van der Waals surface area contributed by atoms with Crippen LogP contribution >= 0.6 is 27.7 Å². The van der Waals surface area contributed by atoms with Crippen LogP contribution in [0.25, 0.3) is 0 Å². The van der Waals surface area contributed by atoms with Crippen LogP contribution in [0.15, 0.2) is 28.9 Å². The van der Waals surface area contributed by atoms with Crippen molar-refractivity contribution in [3.8, 4) is 5.75 Å². The predicted octanol–water partition coefficient (Wildman–Crippen LogP) is 2.81. The monoisotopic (exact) mass is 327 g/mol. The average molecular weight is 328 g/mol. The lowest BCUT2D eigenvalue weighted by Gasteiger charge is -2.14. The standard InChI is InChI=1S/C12H14BrN3OS/c1-14-10(11-7-15-18-16-11)6-8-3-4-12(17-2)9(13)5-8/h3-5,7,10,14H,6H2,1-2H3. The van der Waals surface area contributed by atoms with Gasteiger partial charge < -0.3 is 10.1 Å². The highest BCUT2D eigenvalue weighted by molar-refractivity contribution is 9.10. The highest BCUT2D eigenvalue weighted by atomic mass is 79.9. The Hall–Kier alpha value is -0.980. The van der Waals surface area contributed by atoms with Gasteiger partial charge in [0.1, 0.15) is 5.75 Å². The molecule has 0 aliphatic rings. The fraction of sp³-hybridized carbons (Fsp3) is 0.333. The minimum atomic E-state index is 0.184. The smallest absolute Gasteiger partial charge is 0.133 e. The topological polar surface area (TPSA) is 47.0 Å². The van der Waals surface area contributed by atoms with Crippen LogP contribution in [-0.4, -0.2) is 22.9 Å². The number of nitrogens with zero attached hydrogens (tertiary/aromatic N) is 2. The van der Waals surface area contributed by atoms with Crippen molar-refractivity contribution in [3.63, 3.8) is 0 Å². The summed E-state index contributed by atoms with van der Waals surface area (Å²) in [4.78, 5) is 0. The van der Waals surface area contributed by atoms with E-state index in [0.29, 0.717) is 0 Å². The lowest BCUT2D eigenvalue weighted by atomic mass is 10.0. The first-order valence-corrected chi connectivity index (χ1v) is 7.04. The van der Waals surface area contributed by atoms with Crippen LogP contribution in [0.1, 0.15) is 17.3 Å². The molecule has 0 amide bonds. The zero-order valence-corrected chi connectivity index (χ0v) is 12.6. The van der Waals surface area contributed by atoms with Gasteiger partial charge in [-0.05, 0) is 47.1 Å². The van der Waals surface area contributed by atoms with Crippen molar-refractivity contribution in [1.29, 1.82) is 0 Å². The van der Waals surface area contributed by atoms with Crippen molar-refractivity contribution in [2.45, 2.75) is 12.5 Å². The number of hydrogen-bond donors (Lipinski definition) is 1. The Kier molecular flexibility index (Phi) is 4.68. The highest BCUT2D eigenvalue weighted by Crippen LogP contribution is 2.27. The van der Waals surface area contributed by atoms with E-state index in [1.807, 2.05) is 19.3 Å². The lowest BCUT2D eigenvalue weighted by molar-refractivity contribution is 0.412. The molecule has 1 aromatic carbocycles. The second-order valence-corrected chi connectivity index (χ2v) is 5.26. The van der Waals surface area contributed by atoms with Crippen LogP contribution in [0.3, 0.4) is 0 Å². The molecule has 4 nitrogen and oxygen atoms in total. The van der Waals surface area contributed by atoms with Gasteiger partial charge in [0, 0.05) is 0 Å². The van der Waals surface area contributed by atoms with E-state index in [2.05, 4.69) is 42.1 Å². The van der Waals surface area contributed by atoms with E-state index in [9.17, 15) is 0 Å². The molecule has 0 aliphatic heterocycles. The van der Waals surface area contributed by atoms with Gasteiger partial charge in [-0.2, -0.15) is 8.75 Å². The van der Waals surface area contributed by atoms with Crippen LogP contribution in [0.4, 0.5) is 0 Å². The Bertz CT molecular complexity index is 504. The third kappa shape index (κ3) is 3.07. The molecule has 96 valence electrons. The zero-order valence-electron chi connectivity index (χ0n) is 10.2. The number of likely N-dealkylation sites (N-methyl/N-ethyl adjacent to an activating group) is 1.